The summed E-state index contributed by atoms with van der Waals surface area (Å²) in [5.74, 6) is 0.150. The number of aliphatic hydroxyl groups is 1. The molecule has 2 saturated heterocycles. The van der Waals surface area contributed by atoms with Crippen molar-refractivity contribution in [3.63, 3.8) is 0 Å². The van der Waals surface area contributed by atoms with Crippen LogP contribution in [0.5, 0.6) is 5.75 Å². The standard InChI is InChI=1S/C24H26F2N2O4/c25-18-6-15(7-19(26)10-18)12-27-13-16-8-22(29)23(9-17(16)14-27)32-21-3-1-2-20(11-21)28-4-5-31-24(28)30/h1-3,6-7,10-11,16-17,22-23,29H,4-5,8-9,12-14H2/t16-,17+,22+,23+/m0/s1. The maximum atomic E-state index is 13.5. The van der Waals surface area contributed by atoms with Crippen molar-refractivity contribution >= 4 is 11.8 Å². The summed E-state index contributed by atoms with van der Waals surface area (Å²) < 4.78 is 38.2. The van der Waals surface area contributed by atoms with Gasteiger partial charge in [0.1, 0.15) is 30.1 Å². The monoisotopic (exact) mass is 444 g/mol. The van der Waals surface area contributed by atoms with Crippen molar-refractivity contribution in [2.24, 2.45) is 11.8 Å². The zero-order chi connectivity index (χ0) is 22.2. The van der Waals surface area contributed by atoms with Gasteiger partial charge in [0.2, 0.25) is 0 Å². The van der Waals surface area contributed by atoms with Crippen LogP contribution in [-0.4, -0.2) is 54.5 Å². The van der Waals surface area contributed by atoms with Gasteiger partial charge in [-0.1, -0.05) is 6.07 Å². The van der Waals surface area contributed by atoms with Gasteiger partial charge in [-0.2, -0.15) is 0 Å². The third-order valence-corrected chi connectivity index (χ3v) is 6.67. The van der Waals surface area contributed by atoms with Crippen LogP contribution in [0.15, 0.2) is 42.5 Å². The molecular weight excluding hydrogens is 418 g/mol. The van der Waals surface area contributed by atoms with Crippen LogP contribution in [-0.2, 0) is 11.3 Å². The number of halogens is 2. The number of ether oxygens (including phenoxy) is 2. The number of hydrogen-bond acceptors (Lipinski definition) is 5. The fraction of sp³-hybridized carbons (Fsp3) is 0.458. The lowest BCUT2D eigenvalue weighted by atomic mass is 9.78. The summed E-state index contributed by atoms with van der Waals surface area (Å²) in [4.78, 5) is 15.6. The van der Waals surface area contributed by atoms with Crippen LogP contribution in [0.4, 0.5) is 19.3 Å². The van der Waals surface area contributed by atoms with E-state index in [0.29, 0.717) is 61.4 Å². The highest BCUT2D eigenvalue weighted by atomic mass is 19.1. The Hall–Kier alpha value is -2.71. The quantitative estimate of drug-likeness (QED) is 0.764. The number of amides is 1. The molecule has 6 nitrogen and oxygen atoms in total. The minimum atomic E-state index is -0.594. The van der Waals surface area contributed by atoms with Crippen LogP contribution in [0.3, 0.4) is 0 Å². The minimum absolute atomic E-state index is 0.328. The number of aliphatic hydroxyl groups excluding tert-OH is 1. The van der Waals surface area contributed by atoms with Gasteiger partial charge < -0.3 is 14.6 Å². The number of anilines is 1. The Balaban J connectivity index is 1.22. The zero-order valence-electron chi connectivity index (χ0n) is 17.6. The van der Waals surface area contributed by atoms with Gasteiger partial charge in [-0.25, -0.2) is 13.6 Å². The number of hydrogen-bond donors (Lipinski definition) is 1. The fourth-order valence-corrected chi connectivity index (χ4v) is 5.23. The number of nitrogens with zero attached hydrogens (tertiary/aromatic N) is 2. The van der Waals surface area contributed by atoms with E-state index in [1.807, 2.05) is 18.2 Å². The molecule has 0 aromatic heterocycles. The van der Waals surface area contributed by atoms with Gasteiger partial charge in [0, 0.05) is 31.8 Å². The SMILES string of the molecule is O=C1OCCN1c1cccc(O[C@@H]2C[C@@H]3CN(Cc4cc(F)cc(F)c4)C[C@@H]3C[C@H]2O)c1. The third kappa shape index (κ3) is 4.42. The Kier molecular flexibility index (Phi) is 5.73. The van der Waals surface area contributed by atoms with E-state index in [1.165, 1.54) is 12.1 Å². The second-order valence-electron chi connectivity index (χ2n) is 8.95. The fourth-order valence-electron chi connectivity index (χ4n) is 5.23. The van der Waals surface area contributed by atoms with Gasteiger partial charge in [0.25, 0.3) is 0 Å². The van der Waals surface area contributed by atoms with Crippen molar-refractivity contribution in [2.75, 3.05) is 31.1 Å². The van der Waals surface area contributed by atoms with Gasteiger partial charge in [0.15, 0.2) is 0 Å². The molecule has 0 radical (unpaired) electrons. The van der Waals surface area contributed by atoms with E-state index in [1.54, 1.807) is 11.0 Å². The smallest absolute Gasteiger partial charge is 0.414 e. The number of carbonyl (C=O) groups is 1. The lowest BCUT2D eigenvalue weighted by Crippen LogP contribution is -2.42. The number of carbonyl (C=O) groups excluding carboxylic acids is 1. The first-order valence-corrected chi connectivity index (χ1v) is 11.0. The Bertz CT molecular complexity index is 983. The average molecular weight is 444 g/mol. The molecule has 8 heteroatoms. The lowest BCUT2D eigenvalue weighted by molar-refractivity contribution is -0.0231. The summed E-state index contributed by atoms with van der Waals surface area (Å²) in [6.45, 7) is 2.95. The van der Waals surface area contributed by atoms with Gasteiger partial charge in [-0.15, -0.1) is 0 Å². The largest absolute Gasteiger partial charge is 0.488 e. The number of benzene rings is 2. The van der Waals surface area contributed by atoms with Crippen molar-refractivity contribution in [3.8, 4) is 5.75 Å². The summed E-state index contributed by atoms with van der Waals surface area (Å²) in [5, 5.41) is 10.7. The molecule has 1 aliphatic carbocycles. The second-order valence-corrected chi connectivity index (χ2v) is 8.95. The predicted octanol–water partition coefficient (Wildman–Crippen LogP) is 3.57. The highest BCUT2D eigenvalue weighted by Gasteiger charge is 2.42. The normalized spacial score (nSPS) is 28.0. The van der Waals surface area contributed by atoms with E-state index in [2.05, 4.69) is 4.90 Å². The van der Waals surface area contributed by atoms with Crippen molar-refractivity contribution in [3.05, 3.63) is 59.7 Å². The first kappa shape index (κ1) is 21.2. The highest BCUT2D eigenvalue weighted by molar-refractivity contribution is 5.89. The van der Waals surface area contributed by atoms with Crippen molar-refractivity contribution < 1.29 is 28.2 Å². The van der Waals surface area contributed by atoms with Gasteiger partial charge in [-0.05, 0) is 54.5 Å². The summed E-state index contributed by atoms with van der Waals surface area (Å²) in [6.07, 6.45) is 0.0239. The Labute approximate surface area is 185 Å². The molecule has 1 N–H and O–H groups in total. The highest BCUT2D eigenvalue weighted by Crippen LogP contribution is 2.39. The maximum absolute atomic E-state index is 13.5. The van der Waals surface area contributed by atoms with Crippen molar-refractivity contribution in [1.29, 1.82) is 0 Å². The second kappa shape index (κ2) is 8.67. The van der Waals surface area contributed by atoms with E-state index in [-0.39, 0.29) is 12.2 Å². The molecule has 3 aliphatic rings. The number of rotatable bonds is 5. The van der Waals surface area contributed by atoms with E-state index in [0.717, 1.165) is 19.2 Å². The predicted molar refractivity (Wildman–Crippen MR) is 113 cm³/mol. The van der Waals surface area contributed by atoms with Crippen LogP contribution in [0, 0.1) is 23.5 Å². The zero-order valence-corrected chi connectivity index (χ0v) is 17.6. The molecular formula is C24H26F2N2O4. The topological polar surface area (TPSA) is 62.2 Å². The Morgan fingerprint density at radius 3 is 2.53 bits per heavy atom. The Morgan fingerprint density at radius 1 is 1.06 bits per heavy atom. The Morgan fingerprint density at radius 2 is 1.81 bits per heavy atom. The number of likely N-dealkylation sites (tertiary alicyclic amines) is 1. The summed E-state index contributed by atoms with van der Waals surface area (Å²) in [5.41, 5.74) is 1.33. The molecule has 1 saturated carbocycles. The first-order valence-electron chi connectivity index (χ1n) is 11.0. The average Bonchev–Trinajstić information content (AvgIpc) is 3.33. The molecule has 2 aliphatic heterocycles. The number of fused-ring (bicyclic) bond motifs is 1. The molecule has 2 aromatic carbocycles. The summed E-state index contributed by atoms with van der Waals surface area (Å²) in [6, 6.07) is 10.9. The first-order chi connectivity index (χ1) is 15.4. The molecule has 3 fully saturated rings. The van der Waals surface area contributed by atoms with Crippen molar-refractivity contribution in [1.82, 2.24) is 4.90 Å². The number of cyclic esters (lactones) is 1. The third-order valence-electron chi connectivity index (χ3n) is 6.67. The van der Waals surface area contributed by atoms with Gasteiger partial charge >= 0.3 is 6.09 Å². The lowest BCUT2D eigenvalue weighted by Gasteiger charge is -2.35. The van der Waals surface area contributed by atoms with Crippen LogP contribution in [0.1, 0.15) is 18.4 Å². The molecule has 2 aromatic rings. The molecule has 2 heterocycles. The molecule has 170 valence electrons. The van der Waals surface area contributed by atoms with Crippen LogP contribution < -0.4 is 9.64 Å². The van der Waals surface area contributed by atoms with E-state index >= 15 is 0 Å². The molecule has 0 bridgehead atoms. The van der Waals surface area contributed by atoms with E-state index < -0.39 is 17.7 Å². The van der Waals surface area contributed by atoms with Gasteiger partial charge in [-0.3, -0.25) is 9.80 Å². The van der Waals surface area contributed by atoms with Crippen LogP contribution in [0.25, 0.3) is 0 Å². The molecule has 0 spiro atoms. The van der Waals surface area contributed by atoms with Gasteiger partial charge in [0.05, 0.1) is 18.3 Å². The van der Waals surface area contributed by atoms with Crippen LogP contribution in [0.2, 0.25) is 0 Å². The molecule has 1 amide bonds. The molecule has 4 atom stereocenters. The molecule has 32 heavy (non-hydrogen) atoms. The summed E-state index contributed by atoms with van der Waals surface area (Å²) >= 11 is 0. The van der Waals surface area contributed by atoms with Crippen molar-refractivity contribution in [2.45, 2.75) is 31.6 Å². The van der Waals surface area contributed by atoms with E-state index in [4.69, 9.17) is 9.47 Å². The maximum Gasteiger partial charge on any atom is 0.414 e. The minimum Gasteiger partial charge on any atom is -0.488 e. The molecule has 0 unspecified atom stereocenters. The van der Waals surface area contributed by atoms with Crippen LogP contribution >= 0.6 is 0 Å². The molecule has 5 rings (SSSR count). The van der Waals surface area contributed by atoms with E-state index in [9.17, 15) is 18.7 Å². The summed E-state index contributed by atoms with van der Waals surface area (Å²) in [7, 11) is 0.